The van der Waals surface area contributed by atoms with Crippen LogP contribution in [0.3, 0.4) is 0 Å². The zero-order chi connectivity index (χ0) is 12.4. The summed E-state index contributed by atoms with van der Waals surface area (Å²) in [5.74, 6) is 1.82. The van der Waals surface area contributed by atoms with Crippen molar-refractivity contribution in [3.63, 3.8) is 0 Å². The van der Waals surface area contributed by atoms with Crippen LogP contribution in [-0.4, -0.2) is 29.1 Å². The number of nitrogens with zero attached hydrogens (tertiary/aromatic N) is 2. The fourth-order valence-corrected chi connectivity index (χ4v) is 1.54. The lowest BCUT2D eigenvalue weighted by molar-refractivity contribution is -0.141. The highest BCUT2D eigenvalue weighted by molar-refractivity contribution is 5.78. The minimum Gasteiger partial charge on any atom is -0.467 e. The molecule has 0 aromatic carbocycles. The molecular formula is C11H16N4O2. The average Bonchev–Trinajstić information content (AvgIpc) is 3.10. The number of ether oxygens (including phenoxy) is 1. The van der Waals surface area contributed by atoms with Crippen molar-refractivity contribution in [3.8, 4) is 0 Å². The van der Waals surface area contributed by atoms with E-state index >= 15 is 0 Å². The number of hydrogen-bond donors (Lipinski definition) is 2. The third kappa shape index (κ3) is 2.83. The summed E-state index contributed by atoms with van der Waals surface area (Å²) >= 11 is 0. The van der Waals surface area contributed by atoms with E-state index in [0.717, 1.165) is 18.7 Å². The predicted octanol–water partition coefficient (Wildman–Crippen LogP) is 0.910. The second-order valence-electron chi connectivity index (χ2n) is 4.20. The van der Waals surface area contributed by atoms with Gasteiger partial charge in [0.05, 0.1) is 7.11 Å². The number of nitrogen functional groups attached to an aromatic ring is 1. The van der Waals surface area contributed by atoms with Crippen molar-refractivity contribution in [1.29, 1.82) is 0 Å². The van der Waals surface area contributed by atoms with Gasteiger partial charge >= 0.3 is 5.97 Å². The van der Waals surface area contributed by atoms with Crippen LogP contribution in [0.5, 0.6) is 0 Å². The summed E-state index contributed by atoms with van der Waals surface area (Å²) in [6.45, 7) is 1.71. The Balaban J connectivity index is 2.12. The number of anilines is 2. The largest absolute Gasteiger partial charge is 0.467 e. The van der Waals surface area contributed by atoms with Gasteiger partial charge in [0.1, 0.15) is 23.5 Å². The average molecular weight is 236 g/mol. The molecule has 0 spiro atoms. The summed E-state index contributed by atoms with van der Waals surface area (Å²) in [7, 11) is 1.35. The van der Waals surface area contributed by atoms with E-state index in [2.05, 4.69) is 20.0 Å². The fourth-order valence-electron chi connectivity index (χ4n) is 1.54. The third-order valence-electron chi connectivity index (χ3n) is 2.62. The topological polar surface area (TPSA) is 90.1 Å². The minimum absolute atomic E-state index is 0.338. The van der Waals surface area contributed by atoms with E-state index in [4.69, 9.17) is 5.73 Å². The molecule has 6 nitrogen and oxygen atoms in total. The van der Waals surface area contributed by atoms with Crippen molar-refractivity contribution in [1.82, 2.24) is 9.97 Å². The Morgan fingerprint density at radius 1 is 1.59 bits per heavy atom. The van der Waals surface area contributed by atoms with E-state index in [0.29, 0.717) is 17.6 Å². The summed E-state index contributed by atoms with van der Waals surface area (Å²) in [5.41, 5.74) is 5.70. The minimum atomic E-state index is -0.457. The first-order chi connectivity index (χ1) is 8.10. The van der Waals surface area contributed by atoms with Crippen molar-refractivity contribution >= 4 is 17.6 Å². The molecule has 0 aliphatic heterocycles. The van der Waals surface area contributed by atoms with Gasteiger partial charge in [-0.15, -0.1) is 0 Å². The van der Waals surface area contributed by atoms with Crippen LogP contribution < -0.4 is 11.1 Å². The highest BCUT2D eigenvalue weighted by Crippen LogP contribution is 2.38. The molecule has 1 fully saturated rings. The molecule has 92 valence electrons. The first-order valence-electron chi connectivity index (χ1n) is 5.59. The highest BCUT2D eigenvalue weighted by atomic mass is 16.5. The quantitative estimate of drug-likeness (QED) is 0.755. The van der Waals surface area contributed by atoms with E-state index in [1.807, 2.05) is 0 Å². The lowest BCUT2D eigenvalue weighted by Gasteiger charge is -2.13. The molecule has 17 heavy (non-hydrogen) atoms. The molecule has 0 saturated heterocycles. The van der Waals surface area contributed by atoms with Gasteiger partial charge in [0.25, 0.3) is 0 Å². The number of nitrogens with one attached hydrogen (secondary N) is 1. The molecule has 0 amide bonds. The van der Waals surface area contributed by atoms with Crippen LogP contribution in [0.1, 0.15) is 31.5 Å². The molecule has 1 aromatic rings. The van der Waals surface area contributed by atoms with E-state index in [-0.39, 0.29) is 5.97 Å². The van der Waals surface area contributed by atoms with Crippen LogP contribution in [0.25, 0.3) is 0 Å². The smallest absolute Gasteiger partial charge is 0.328 e. The number of rotatable bonds is 4. The van der Waals surface area contributed by atoms with Gasteiger partial charge in [0.15, 0.2) is 0 Å². The van der Waals surface area contributed by atoms with Gasteiger partial charge in [-0.2, -0.15) is 0 Å². The molecule has 6 heteroatoms. The second-order valence-corrected chi connectivity index (χ2v) is 4.20. The molecule has 2 rings (SSSR count). The van der Waals surface area contributed by atoms with Crippen molar-refractivity contribution in [2.75, 3.05) is 18.2 Å². The monoisotopic (exact) mass is 236 g/mol. The van der Waals surface area contributed by atoms with Gasteiger partial charge < -0.3 is 15.8 Å². The molecule has 1 aliphatic carbocycles. The Labute approximate surface area is 99.6 Å². The predicted molar refractivity (Wildman–Crippen MR) is 63.5 cm³/mol. The highest BCUT2D eigenvalue weighted by Gasteiger charge is 2.27. The summed E-state index contributed by atoms with van der Waals surface area (Å²) < 4.78 is 4.63. The molecule has 1 aliphatic rings. The van der Waals surface area contributed by atoms with Gasteiger partial charge in [0.2, 0.25) is 0 Å². The summed E-state index contributed by atoms with van der Waals surface area (Å²) in [5, 5.41) is 2.95. The number of carbonyl (C=O) groups is 1. The maximum atomic E-state index is 11.3. The van der Waals surface area contributed by atoms with Crippen LogP contribution in [0.15, 0.2) is 6.07 Å². The summed E-state index contributed by atoms with van der Waals surface area (Å²) in [6, 6.07) is 1.16. The van der Waals surface area contributed by atoms with E-state index in [1.165, 1.54) is 7.11 Å². The maximum Gasteiger partial charge on any atom is 0.328 e. The fraction of sp³-hybridized carbons (Fsp3) is 0.545. The van der Waals surface area contributed by atoms with Crippen LogP contribution in [0.2, 0.25) is 0 Å². The molecular weight excluding hydrogens is 220 g/mol. The van der Waals surface area contributed by atoms with Gasteiger partial charge in [0, 0.05) is 12.0 Å². The van der Waals surface area contributed by atoms with Crippen molar-refractivity contribution < 1.29 is 9.53 Å². The molecule has 1 atom stereocenters. The Bertz CT molecular complexity index is 431. The summed E-state index contributed by atoms with van der Waals surface area (Å²) in [6.07, 6.45) is 2.21. The Morgan fingerprint density at radius 2 is 2.29 bits per heavy atom. The normalized spacial score (nSPS) is 16.4. The van der Waals surface area contributed by atoms with Crippen LogP contribution >= 0.6 is 0 Å². The number of aromatic nitrogens is 2. The second kappa shape index (κ2) is 4.57. The molecule has 1 aromatic heterocycles. The number of carbonyl (C=O) groups excluding carboxylic acids is 1. The molecule has 0 radical (unpaired) electrons. The Kier molecular flexibility index (Phi) is 3.12. The standard InChI is InChI=1S/C11H16N4O2/c1-6(11(16)17-2)13-9-5-8(12)14-10(15-9)7-3-4-7/h5-7H,3-4H2,1-2H3,(H3,12,13,14,15). The lowest BCUT2D eigenvalue weighted by Crippen LogP contribution is -2.27. The zero-order valence-electron chi connectivity index (χ0n) is 9.93. The van der Waals surface area contributed by atoms with Gasteiger partial charge in [-0.25, -0.2) is 14.8 Å². The number of methoxy groups -OCH3 is 1. The zero-order valence-corrected chi connectivity index (χ0v) is 9.93. The Hall–Kier alpha value is -1.85. The van der Waals surface area contributed by atoms with Gasteiger partial charge in [-0.1, -0.05) is 0 Å². The van der Waals surface area contributed by atoms with Crippen molar-refractivity contribution in [2.45, 2.75) is 31.7 Å². The van der Waals surface area contributed by atoms with Crippen molar-refractivity contribution in [2.24, 2.45) is 0 Å². The molecule has 1 saturated carbocycles. The summed E-state index contributed by atoms with van der Waals surface area (Å²) in [4.78, 5) is 19.8. The van der Waals surface area contributed by atoms with E-state index in [1.54, 1.807) is 13.0 Å². The molecule has 1 unspecified atom stereocenters. The van der Waals surface area contributed by atoms with Gasteiger partial charge in [-0.05, 0) is 19.8 Å². The van der Waals surface area contributed by atoms with Crippen LogP contribution in [-0.2, 0) is 9.53 Å². The number of esters is 1. The van der Waals surface area contributed by atoms with Crippen molar-refractivity contribution in [3.05, 3.63) is 11.9 Å². The molecule has 1 heterocycles. The first kappa shape index (κ1) is 11.6. The van der Waals surface area contributed by atoms with Crippen LogP contribution in [0, 0.1) is 0 Å². The Morgan fingerprint density at radius 3 is 2.88 bits per heavy atom. The van der Waals surface area contributed by atoms with Gasteiger partial charge in [-0.3, -0.25) is 0 Å². The van der Waals surface area contributed by atoms with E-state index in [9.17, 15) is 4.79 Å². The number of nitrogens with two attached hydrogens (primary N) is 1. The molecule has 3 N–H and O–H groups in total. The molecule has 0 bridgehead atoms. The van der Waals surface area contributed by atoms with Crippen LogP contribution in [0.4, 0.5) is 11.6 Å². The van der Waals surface area contributed by atoms with E-state index < -0.39 is 6.04 Å². The lowest BCUT2D eigenvalue weighted by atomic mass is 10.3. The SMILES string of the molecule is COC(=O)C(C)Nc1cc(N)nc(C2CC2)n1. The maximum absolute atomic E-state index is 11.3. The first-order valence-corrected chi connectivity index (χ1v) is 5.59. The third-order valence-corrected chi connectivity index (χ3v) is 2.62. The number of hydrogen-bond acceptors (Lipinski definition) is 6.